The Morgan fingerprint density at radius 1 is 1.18 bits per heavy atom. The van der Waals surface area contributed by atoms with Gasteiger partial charge in [0.25, 0.3) is 0 Å². The zero-order valence-corrected chi connectivity index (χ0v) is 15.2. The number of rotatable bonds is 3. The Kier molecular flexibility index (Phi) is 7.85. The van der Waals surface area contributed by atoms with E-state index in [1.807, 2.05) is 57.7 Å². The van der Waals surface area contributed by atoms with E-state index in [1.54, 1.807) is 27.0 Å². The maximum absolute atomic E-state index is 14.1. The SMILES string of the molecule is CC.CN=C(N)N(C(C)=C(C)C)c1cccc(C(C)(C)F)c1. The van der Waals surface area contributed by atoms with Crippen LogP contribution in [0.25, 0.3) is 0 Å². The van der Waals surface area contributed by atoms with Gasteiger partial charge in [-0.1, -0.05) is 31.6 Å². The van der Waals surface area contributed by atoms with Crippen molar-refractivity contribution in [1.29, 1.82) is 0 Å². The number of nitrogens with zero attached hydrogens (tertiary/aromatic N) is 2. The first-order chi connectivity index (χ1) is 10.2. The van der Waals surface area contributed by atoms with Crippen molar-refractivity contribution < 1.29 is 4.39 Å². The van der Waals surface area contributed by atoms with Crippen LogP contribution in [0.15, 0.2) is 40.5 Å². The second-order valence-corrected chi connectivity index (χ2v) is 5.53. The molecule has 1 rings (SSSR count). The lowest BCUT2D eigenvalue weighted by molar-refractivity contribution is 0.221. The van der Waals surface area contributed by atoms with Crippen molar-refractivity contribution in [1.82, 2.24) is 0 Å². The number of benzene rings is 1. The van der Waals surface area contributed by atoms with E-state index < -0.39 is 5.67 Å². The van der Waals surface area contributed by atoms with Gasteiger partial charge in [0.1, 0.15) is 5.67 Å². The van der Waals surface area contributed by atoms with Crippen molar-refractivity contribution in [3.63, 3.8) is 0 Å². The molecule has 124 valence electrons. The number of aliphatic imine (C=N–C) groups is 1. The molecule has 0 bridgehead atoms. The predicted octanol–water partition coefficient (Wildman–Crippen LogP) is 4.98. The molecule has 4 heteroatoms. The Labute approximate surface area is 134 Å². The summed E-state index contributed by atoms with van der Waals surface area (Å²) in [6.07, 6.45) is 0. The lowest BCUT2D eigenvalue weighted by atomic mass is 9.99. The minimum Gasteiger partial charge on any atom is -0.369 e. The molecule has 1 aromatic rings. The van der Waals surface area contributed by atoms with Crippen LogP contribution in [0, 0.1) is 0 Å². The van der Waals surface area contributed by atoms with Gasteiger partial charge in [-0.15, -0.1) is 0 Å². The number of nitrogens with two attached hydrogens (primary N) is 1. The van der Waals surface area contributed by atoms with E-state index in [4.69, 9.17) is 5.73 Å². The van der Waals surface area contributed by atoms with Crippen LogP contribution >= 0.6 is 0 Å². The molecule has 0 unspecified atom stereocenters. The summed E-state index contributed by atoms with van der Waals surface area (Å²) in [4.78, 5) is 5.89. The first kappa shape index (κ1) is 20.2. The van der Waals surface area contributed by atoms with Crippen molar-refractivity contribution >= 4 is 11.6 Å². The number of guanidine groups is 1. The minimum atomic E-state index is -1.39. The summed E-state index contributed by atoms with van der Waals surface area (Å²) in [6, 6.07) is 7.32. The molecule has 22 heavy (non-hydrogen) atoms. The quantitative estimate of drug-likeness (QED) is 0.632. The number of halogens is 1. The van der Waals surface area contributed by atoms with Crippen LogP contribution in [0.5, 0.6) is 0 Å². The van der Waals surface area contributed by atoms with Crippen molar-refractivity contribution in [2.45, 2.75) is 54.1 Å². The van der Waals surface area contributed by atoms with E-state index in [0.717, 1.165) is 17.0 Å². The summed E-state index contributed by atoms with van der Waals surface area (Å²) < 4.78 is 14.1. The molecule has 0 aliphatic carbocycles. The first-order valence-electron chi connectivity index (χ1n) is 7.64. The third-order valence-corrected chi connectivity index (χ3v) is 3.31. The van der Waals surface area contributed by atoms with E-state index in [1.165, 1.54) is 0 Å². The average molecular weight is 307 g/mol. The monoisotopic (exact) mass is 307 g/mol. The lowest BCUT2D eigenvalue weighted by Gasteiger charge is -2.27. The highest BCUT2D eigenvalue weighted by Gasteiger charge is 2.21. The molecule has 3 nitrogen and oxygen atoms in total. The van der Waals surface area contributed by atoms with Gasteiger partial charge in [-0.2, -0.15) is 0 Å². The molecule has 0 fully saturated rings. The van der Waals surface area contributed by atoms with E-state index >= 15 is 0 Å². The van der Waals surface area contributed by atoms with Gasteiger partial charge in [-0.05, 0) is 52.3 Å². The Morgan fingerprint density at radius 3 is 2.14 bits per heavy atom. The molecule has 0 radical (unpaired) electrons. The molecule has 0 amide bonds. The van der Waals surface area contributed by atoms with E-state index in [9.17, 15) is 4.39 Å². The third kappa shape index (κ3) is 5.17. The normalized spacial score (nSPS) is 11.4. The largest absolute Gasteiger partial charge is 0.369 e. The number of alkyl halides is 1. The first-order valence-corrected chi connectivity index (χ1v) is 7.64. The second kappa shape index (κ2) is 8.57. The Hall–Kier alpha value is -1.84. The van der Waals surface area contributed by atoms with Crippen LogP contribution in [-0.2, 0) is 5.67 Å². The van der Waals surface area contributed by atoms with Gasteiger partial charge in [-0.25, -0.2) is 4.39 Å². The Bertz CT molecular complexity index is 536. The molecular formula is C18H30FN3. The maximum atomic E-state index is 14.1. The zero-order chi connectivity index (χ0) is 17.5. The summed E-state index contributed by atoms with van der Waals surface area (Å²) in [5.41, 5.74) is 8.15. The molecule has 0 aliphatic heterocycles. The smallest absolute Gasteiger partial charge is 0.199 e. The summed E-state index contributed by atoms with van der Waals surface area (Å²) in [6.45, 7) is 13.1. The molecule has 1 aromatic carbocycles. The van der Waals surface area contributed by atoms with Crippen LogP contribution in [0.4, 0.5) is 10.1 Å². The van der Waals surface area contributed by atoms with Gasteiger partial charge in [0.05, 0.1) is 0 Å². The lowest BCUT2D eigenvalue weighted by Crippen LogP contribution is -2.36. The van der Waals surface area contributed by atoms with Crippen molar-refractivity contribution in [2.24, 2.45) is 10.7 Å². The molecule has 0 aliphatic rings. The van der Waals surface area contributed by atoms with E-state index in [0.29, 0.717) is 11.5 Å². The molecule has 0 aromatic heterocycles. The standard InChI is InChI=1S/C16H24FN3.C2H6/c1-11(2)12(3)20(15(18)19-6)14-9-7-8-13(10-14)16(4,5)17;1-2/h7-10H,1-6H3,(H2,18,19);1-2H3. The molecular weight excluding hydrogens is 277 g/mol. The topological polar surface area (TPSA) is 41.6 Å². The van der Waals surface area contributed by atoms with Gasteiger partial charge in [-0.3, -0.25) is 9.89 Å². The van der Waals surface area contributed by atoms with Gasteiger partial charge in [0.15, 0.2) is 5.96 Å². The molecule has 0 saturated heterocycles. The zero-order valence-electron chi connectivity index (χ0n) is 15.2. The maximum Gasteiger partial charge on any atom is 0.199 e. The van der Waals surface area contributed by atoms with Crippen LogP contribution in [0.1, 0.15) is 54.0 Å². The number of allylic oxidation sites excluding steroid dienone is 2. The second-order valence-electron chi connectivity index (χ2n) is 5.53. The van der Waals surface area contributed by atoms with E-state index in [2.05, 4.69) is 4.99 Å². The summed E-state index contributed by atoms with van der Waals surface area (Å²) in [7, 11) is 1.64. The van der Waals surface area contributed by atoms with Gasteiger partial charge in [0.2, 0.25) is 0 Å². The van der Waals surface area contributed by atoms with E-state index in [-0.39, 0.29) is 0 Å². The van der Waals surface area contributed by atoms with Gasteiger partial charge in [0, 0.05) is 18.4 Å². The Balaban J connectivity index is 0.00000211. The molecule has 0 heterocycles. The predicted molar refractivity (Wildman–Crippen MR) is 96.0 cm³/mol. The van der Waals surface area contributed by atoms with Crippen LogP contribution in [0.3, 0.4) is 0 Å². The molecule has 0 saturated carbocycles. The fourth-order valence-corrected chi connectivity index (χ4v) is 1.84. The summed E-state index contributed by atoms with van der Waals surface area (Å²) in [5.74, 6) is 0.387. The van der Waals surface area contributed by atoms with Crippen molar-refractivity contribution in [2.75, 3.05) is 11.9 Å². The fraction of sp³-hybridized carbons (Fsp3) is 0.500. The van der Waals surface area contributed by atoms with Crippen LogP contribution in [0.2, 0.25) is 0 Å². The fourth-order valence-electron chi connectivity index (χ4n) is 1.84. The number of hydrogen-bond donors (Lipinski definition) is 1. The van der Waals surface area contributed by atoms with Crippen LogP contribution in [-0.4, -0.2) is 13.0 Å². The summed E-state index contributed by atoms with van der Waals surface area (Å²) >= 11 is 0. The Morgan fingerprint density at radius 2 is 1.73 bits per heavy atom. The van der Waals surface area contributed by atoms with Crippen molar-refractivity contribution in [3.8, 4) is 0 Å². The average Bonchev–Trinajstić information content (AvgIpc) is 2.48. The van der Waals surface area contributed by atoms with Crippen molar-refractivity contribution in [3.05, 3.63) is 41.1 Å². The summed E-state index contributed by atoms with van der Waals surface area (Å²) in [5, 5.41) is 0. The minimum absolute atomic E-state index is 0.387. The van der Waals surface area contributed by atoms with Gasteiger partial charge < -0.3 is 5.73 Å². The number of anilines is 1. The number of hydrogen-bond acceptors (Lipinski definition) is 1. The van der Waals surface area contributed by atoms with Gasteiger partial charge >= 0.3 is 0 Å². The molecule has 0 spiro atoms. The highest BCUT2D eigenvalue weighted by Crippen LogP contribution is 2.29. The molecule has 2 N–H and O–H groups in total. The van der Waals surface area contributed by atoms with Crippen LogP contribution < -0.4 is 10.6 Å². The third-order valence-electron chi connectivity index (χ3n) is 3.31. The highest BCUT2D eigenvalue weighted by atomic mass is 19.1. The highest BCUT2D eigenvalue weighted by molar-refractivity contribution is 5.97. The molecule has 0 atom stereocenters.